The molecule has 1 fully saturated rings. The number of ether oxygens (including phenoxy) is 2. The van der Waals surface area contributed by atoms with Gasteiger partial charge in [-0.2, -0.15) is 0 Å². The van der Waals surface area contributed by atoms with Gasteiger partial charge < -0.3 is 24.7 Å². The zero-order valence-electron chi connectivity index (χ0n) is 14.6. The van der Waals surface area contributed by atoms with Crippen LogP contribution in [0.25, 0.3) is 10.9 Å². The fourth-order valence-corrected chi connectivity index (χ4v) is 3.09. The van der Waals surface area contributed by atoms with Gasteiger partial charge in [-0.1, -0.05) is 0 Å². The summed E-state index contributed by atoms with van der Waals surface area (Å²) in [5.41, 5.74) is 1.30. The first kappa shape index (κ1) is 17.1. The molecule has 2 heterocycles. The Hall–Kier alpha value is -2.70. The van der Waals surface area contributed by atoms with Crippen molar-refractivity contribution in [3.8, 4) is 11.5 Å². The van der Waals surface area contributed by atoms with Gasteiger partial charge in [0.05, 0.1) is 14.2 Å². The molecule has 1 aliphatic heterocycles. The summed E-state index contributed by atoms with van der Waals surface area (Å²) in [4.78, 5) is 28.8. The van der Waals surface area contributed by atoms with Gasteiger partial charge in [0.25, 0.3) is 5.91 Å². The number of nitrogens with zero attached hydrogens (tertiary/aromatic N) is 1. The fourth-order valence-electron chi connectivity index (χ4n) is 3.09. The molecule has 0 spiro atoms. The van der Waals surface area contributed by atoms with E-state index in [9.17, 15) is 9.59 Å². The maximum Gasteiger partial charge on any atom is 0.267 e. The van der Waals surface area contributed by atoms with Crippen molar-refractivity contribution in [3.05, 3.63) is 23.9 Å². The second-order valence-corrected chi connectivity index (χ2v) is 6.07. The van der Waals surface area contributed by atoms with Crippen LogP contribution in [0.4, 0.5) is 0 Å². The number of carbonyl (C=O) groups is 2. The van der Waals surface area contributed by atoms with Gasteiger partial charge in [0.2, 0.25) is 5.91 Å². The minimum Gasteiger partial charge on any atom is -0.493 e. The van der Waals surface area contributed by atoms with Crippen molar-refractivity contribution < 1.29 is 19.1 Å². The van der Waals surface area contributed by atoms with Crippen molar-refractivity contribution in [2.24, 2.45) is 0 Å². The van der Waals surface area contributed by atoms with Gasteiger partial charge in [-0.25, -0.2) is 0 Å². The third kappa shape index (κ3) is 3.70. The smallest absolute Gasteiger partial charge is 0.267 e. The lowest BCUT2D eigenvalue weighted by atomic mass is 10.2. The molecule has 1 aromatic heterocycles. The highest BCUT2D eigenvalue weighted by Crippen LogP contribution is 2.32. The van der Waals surface area contributed by atoms with E-state index in [1.807, 2.05) is 17.0 Å². The number of nitrogens with one attached hydrogen (secondary N) is 2. The summed E-state index contributed by atoms with van der Waals surface area (Å²) in [6, 6.07) is 5.43. The van der Waals surface area contributed by atoms with Crippen LogP contribution in [0.3, 0.4) is 0 Å². The summed E-state index contributed by atoms with van der Waals surface area (Å²) in [7, 11) is 3.15. The summed E-state index contributed by atoms with van der Waals surface area (Å²) >= 11 is 0. The van der Waals surface area contributed by atoms with Crippen molar-refractivity contribution in [3.63, 3.8) is 0 Å². The highest BCUT2D eigenvalue weighted by molar-refractivity contribution is 5.98. The molecule has 2 amide bonds. The Kier molecular flexibility index (Phi) is 5.11. The van der Waals surface area contributed by atoms with Gasteiger partial charge in [0.1, 0.15) is 5.69 Å². The first-order valence-electron chi connectivity index (χ1n) is 8.43. The Morgan fingerprint density at radius 3 is 2.68 bits per heavy atom. The maximum absolute atomic E-state index is 12.3. The number of aromatic amines is 1. The van der Waals surface area contributed by atoms with E-state index in [4.69, 9.17) is 9.47 Å². The normalized spacial score (nSPS) is 14.2. The van der Waals surface area contributed by atoms with Crippen molar-refractivity contribution in [2.45, 2.75) is 19.3 Å². The highest BCUT2D eigenvalue weighted by Gasteiger charge is 2.19. The molecular weight excluding hydrogens is 322 g/mol. The van der Waals surface area contributed by atoms with E-state index in [1.165, 1.54) is 0 Å². The van der Waals surface area contributed by atoms with Crippen molar-refractivity contribution in [2.75, 3.05) is 33.9 Å². The molecule has 7 heteroatoms. The third-order valence-corrected chi connectivity index (χ3v) is 4.43. The Morgan fingerprint density at radius 2 is 2.00 bits per heavy atom. The van der Waals surface area contributed by atoms with Crippen LogP contribution in [0.2, 0.25) is 0 Å². The molecule has 2 aromatic rings. The molecule has 0 unspecified atom stereocenters. The van der Waals surface area contributed by atoms with Gasteiger partial charge in [-0.05, 0) is 25.0 Å². The lowest BCUT2D eigenvalue weighted by Crippen LogP contribution is -2.30. The second kappa shape index (κ2) is 7.46. The van der Waals surface area contributed by atoms with Gasteiger partial charge in [-0.15, -0.1) is 0 Å². The van der Waals surface area contributed by atoms with Crippen molar-refractivity contribution in [1.82, 2.24) is 15.2 Å². The first-order chi connectivity index (χ1) is 12.1. The number of likely N-dealkylation sites (tertiary alicyclic amines) is 1. The van der Waals surface area contributed by atoms with Crippen LogP contribution in [0.5, 0.6) is 11.5 Å². The summed E-state index contributed by atoms with van der Waals surface area (Å²) in [5.74, 6) is 1.28. The topological polar surface area (TPSA) is 83.7 Å². The standard InChI is InChI=1S/C18H23N3O4/c1-24-15-10-12-9-14(20-13(12)11-16(15)25-2)18(23)19-6-4-8-21-7-3-5-17(21)22/h9-11,20H,3-8H2,1-2H3,(H,19,23). The summed E-state index contributed by atoms with van der Waals surface area (Å²) in [6.45, 7) is 2.06. The number of benzene rings is 1. The molecule has 25 heavy (non-hydrogen) atoms. The number of fused-ring (bicyclic) bond motifs is 1. The Bertz CT molecular complexity index is 743. The number of H-pyrrole nitrogens is 1. The van der Waals surface area contributed by atoms with E-state index in [0.717, 1.165) is 30.3 Å². The molecule has 1 aromatic carbocycles. The molecule has 0 bridgehead atoms. The van der Waals surface area contributed by atoms with Crippen LogP contribution in [-0.2, 0) is 4.79 Å². The van der Waals surface area contributed by atoms with Crippen LogP contribution >= 0.6 is 0 Å². The van der Waals surface area contributed by atoms with Gasteiger partial charge in [0.15, 0.2) is 11.5 Å². The quantitative estimate of drug-likeness (QED) is 0.751. The molecule has 0 saturated carbocycles. The molecular formula is C18H23N3O4. The van der Waals surface area contributed by atoms with E-state index in [-0.39, 0.29) is 11.8 Å². The molecule has 134 valence electrons. The number of aromatic nitrogens is 1. The zero-order valence-corrected chi connectivity index (χ0v) is 14.6. The molecule has 1 saturated heterocycles. The SMILES string of the molecule is COc1cc2cc(C(=O)NCCCN3CCCC3=O)[nH]c2cc1OC. The largest absolute Gasteiger partial charge is 0.493 e. The van der Waals surface area contributed by atoms with Crippen LogP contribution in [0, 0.1) is 0 Å². The molecule has 2 N–H and O–H groups in total. The summed E-state index contributed by atoms with van der Waals surface area (Å²) < 4.78 is 10.6. The Balaban J connectivity index is 1.59. The molecule has 0 atom stereocenters. The average Bonchev–Trinajstić information content (AvgIpc) is 3.22. The predicted octanol–water partition coefficient (Wildman–Crippen LogP) is 1.93. The highest BCUT2D eigenvalue weighted by atomic mass is 16.5. The monoisotopic (exact) mass is 345 g/mol. The lowest BCUT2D eigenvalue weighted by Gasteiger charge is -2.15. The number of methoxy groups -OCH3 is 2. The maximum atomic E-state index is 12.3. The average molecular weight is 345 g/mol. The van der Waals surface area contributed by atoms with Gasteiger partial charge in [0, 0.05) is 43.0 Å². The van der Waals surface area contributed by atoms with Crippen molar-refractivity contribution in [1.29, 1.82) is 0 Å². The molecule has 7 nitrogen and oxygen atoms in total. The number of hydrogen-bond acceptors (Lipinski definition) is 4. The van der Waals surface area contributed by atoms with Crippen LogP contribution in [0.1, 0.15) is 29.8 Å². The third-order valence-electron chi connectivity index (χ3n) is 4.43. The fraction of sp³-hybridized carbons (Fsp3) is 0.444. The van der Waals surface area contributed by atoms with E-state index in [2.05, 4.69) is 10.3 Å². The molecule has 0 radical (unpaired) electrons. The van der Waals surface area contributed by atoms with Crippen LogP contribution in [-0.4, -0.2) is 55.6 Å². The van der Waals surface area contributed by atoms with Crippen LogP contribution < -0.4 is 14.8 Å². The van der Waals surface area contributed by atoms with Gasteiger partial charge >= 0.3 is 0 Å². The van der Waals surface area contributed by atoms with Crippen LogP contribution in [0.15, 0.2) is 18.2 Å². The number of carbonyl (C=O) groups excluding carboxylic acids is 2. The van der Waals surface area contributed by atoms with Gasteiger partial charge in [-0.3, -0.25) is 9.59 Å². The van der Waals surface area contributed by atoms with E-state index in [0.29, 0.717) is 36.7 Å². The number of amides is 2. The Labute approximate surface area is 146 Å². The van der Waals surface area contributed by atoms with E-state index >= 15 is 0 Å². The Morgan fingerprint density at radius 1 is 1.24 bits per heavy atom. The second-order valence-electron chi connectivity index (χ2n) is 6.07. The molecule has 3 rings (SSSR count). The van der Waals surface area contributed by atoms with E-state index in [1.54, 1.807) is 20.3 Å². The molecule has 1 aliphatic rings. The van der Waals surface area contributed by atoms with Crippen molar-refractivity contribution >= 4 is 22.7 Å². The predicted molar refractivity (Wildman–Crippen MR) is 94.2 cm³/mol. The lowest BCUT2D eigenvalue weighted by molar-refractivity contribution is -0.127. The first-order valence-corrected chi connectivity index (χ1v) is 8.43. The minimum atomic E-state index is -0.165. The van der Waals surface area contributed by atoms with E-state index < -0.39 is 0 Å². The molecule has 0 aliphatic carbocycles. The zero-order chi connectivity index (χ0) is 17.8. The number of hydrogen-bond donors (Lipinski definition) is 2. The summed E-state index contributed by atoms with van der Waals surface area (Å²) in [5, 5.41) is 3.77. The minimum absolute atomic E-state index is 0.165. The number of rotatable bonds is 7. The summed E-state index contributed by atoms with van der Waals surface area (Å²) in [6.07, 6.45) is 2.33.